The van der Waals surface area contributed by atoms with Gasteiger partial charge in [-0.15, -0.1) is 0 Å². The van der Waals surface area contributed by atoms with Gasteiger partial charge in [0.15, 0.2) is 0 Å². The molecule has 1 aliphatic heterocycles. The predicted molar refractivity (Wildman–Crippen MR) is 59.1 cm³/mol. The summed E-state index contributed by atoms with van der Waals surface area (Å²) in [7, 11) is 0. The van der Waals surface area contributed by atoms with Crippen LogP contribution in [0.15, 0.2) is 42.6 Å². The van der Waals surface area contributed by atoms with Crippen molar-refractivity contribution in [1.82, 2.24) is 4.98 Å². The first-order valence-corrected chi connectivity index (χ1v) is 5.21. The quantitative estimate of drug-likeness (QED) is 0.728. The van der Waals surface area contributed by atoms with Crippen molar-refractivity contribution in [3.05, 3.63) is 59.4 Å². The van der Waals surface area contributed by atoms with Crippen molar-refractivity contribution in [2.75, 3.05) is 0 Å². The van der Waals surface area contributed by atoms with E-state index in [0.717, 1.165) is 23.3 Å². The minimum Gasteiger partial charge on any atom is -0.459 e. The Bertz CT molecular complexity index is 525. The normalized spacial score (nSPS) is 17.9. The van der Waals surface area contributed by atoms with Crippen molar-refractivity contribution in [2.24, 2.45) is 0 Å². The Morgan fingerprint density at radius 1 is 1.12 bits per heavy atom. The highest BCUT2D eigenvalue weighted by atomic mass is 16.6. The van der Waals surface area contributed by atoms with Gasteiger partial charge in [-0.1, -0.05) is 24.3 Å². The van der Waals surface area contributed by atoms with Crippen LogP contribution in [0.4, 0.5) is 0 Å². The lowest BCUT2D eigenvalue weighted by atomic mass is 10.0. The molecule has 1 unspecified atom stereocenters. The molecule has 1 aromatic carbocycles. The minimum absolute atomic E-state index is 0.610. The molecule has 0 aliphatic carbocycles. The Hall–Kier alpha value is -1.87. The van der Waals surface area contributed by atoms with Crippen molar-refractivity contribution in [3.8, 4) is 5.75 Å². The molecule has 0 fully saturated rings. The van der Waals surface area contributed by atoms with E-state index in [1.807, 2.05) is 36.4 Å². The molecule has 3 rings (SSSR count). The molecule has 16 heavy (non-hydrogen) atoms. The molecule has 0 spiro atoms. The zero-order chi connectivity index (χ0) is 11.0. The number of benzene rings is 1. The van der Waals surface area contributed by atoms with Gasteiger partial charge in [-0.2, -0.15) is 0 Å². The van der Waals surface area contributed by atoms with E-state index in [1.54, 1.807) is 6.20 Å². The Labute approximate surface area is 93.3 Å². The van der Waals surface area contributed by atoms with Gasteiger partial charge >= 0.3 is 0 Å². The standard InChI is InChI=1S/C13H11NO2/c15-13-12-10(5-3-7-14-12)8-9-4-1-2-6-11(9)16-13/h1-7,13,15H,8H2. The molecule has 0 radical (unpaired) electrons. The van der Waals surface area contributed by atoms with E-state index in [4.69, 9.17) is 4.74 Å². The molecule has 80 valence electrons. The number of ether oxygens (including phenoxy) is 1. The number of rotatable bonds is 0. The number of fused-ring (bicyclic) bond motifs is 2. The summed E-state index contributed by atoms with van der Waals surface area (Å²) in [6, 6.07) is 11.6. The predicted octanol–water partition coefficient (Wildman–Crippen LogP) is 2.06. The van der Waals surface area contributed by atoms with Gasteiger partial charge in [-0.3, -0.25) is 4.98 Å². The largest absolute Gasteiger partial charge is 0.459 e. The lowest BCUT2D eigenvalue weighted by Crippen LogP contribution is -2.08. The first kappa shape index (κ1) is 9.36. The highest BCUT2D eigenvalue weighted by molar-refractivity contribution is 5.41. The fourth-order valence-corrected chi connectivity index (χ4v) is 1.97. The number of aliphatic hydroxyl groups is 1. The van der Waals surface area contributed by atoms with Crippen LogP contribution >= 0.6 is 0 Å². The van der Waals surface area contributed by atoms with Gasteiger partial charge in [0, 0.05) is 12.6 Å². The molecule has 0 amide bonds. The maximum absolute atomic E-state index is 9.90. The lowest BCUT2D eigenvalue weighted by molar-refractivity contribution is -0.0222. The van der Waals surface area contributed by atoms with Crippen LogP contribution in [-0.2, 0) is 6.42 Å². The van der Waals surface area contributed by atoms with Gasteiger partial charge < -0.3 is 9.84 Å². The molecule has 0 saturated carbocycles. The van der Waals surface area contributed by atoms with Crippen LogP contribution in [0.1, 0.15) is 23.1 Å². The molecule has 3 heteroatoms. The maximum atomic E-state index is 9.90. The van der Waals surface area contributed by atoms with Crippen molar-refractivity contribution < 1.29 is 9.84 Å². The third kappa shape index (κ3) is 1.46. The zero-order valence-corrected chi connectivity index (χ0v) is 8.63. The SMILES string of the molecule is OC1Oc2ccccc2Cc2cccnc21. The Balaban J connectivity index is 2.15. The zero-order valence-electron chi connectivity index (χ0n) is 8.63. The number of aromatic nitrogens is 1. The molecule has 1 N–H and O–H groups in total. The third-order valence-electron chi connectivity index (χ3n) is 2.75. The molecule has 2 heterocycles. The third-order valence-corrected chi connectivity index (χ3v) is 2.75. The molecular formula is C13H11NO2. The number of hydrogen-bond acceptors (Lipinski definition) is 3. The molecule has 1 aromatic heterocycles. The first-order valence-electron chi connectivity index (χ1n) is 5.21. The second-order valence-electron chi connectivity index (χ2n) is 3.80. The summed E-state index contributed by atoms with van der Waals surface area (Å²) >= 11 is 0. The van der Waals surface area contributed by atoms with Gasteiger partial charge in [0.2, 0.25) is 6.29 Å². The molecule has 3 nitrogen and oxygen atoms in total. The van der Waals surface area contributed by atoms with Crippen LogP contribution in [0.2, 0.25) is 0 Å². The summed E-state index contributed by atoms with van der Waals surface area (Å²) < 4.78 is 5.48. The minimum atomic E-state index is -0.972. The summed E-state index contributed by atoms with van der Waals surface area (Å²) in [5, 5.41) is 9.90. The van der Waals surface area contributed by atoms with Gasteiger partial charge in [0.25, 0.3) is 0 Å². The molecule has 1 aliphatic rings. The van der Waals surface area contributed by atoms with Gasteiger partial charge in [0.1, 0.15) is 11.4 Å². The van der Waals surface area contributed by atoms with Crippen molar-refractivity contribution in [3.63, 3.8) is 0 Å². The monoisotopic (exact) mass is 213 g/mol. The number of para-hydroxylation sites is 1. The Morgan fingerprint density at radius 2 is 1.94 bits per heavy atom. The van der Waals surface area contributed by atoms with E-state index >= 15 is 0 Å². The van der Waals surface area contributed by atoms with Gasteiger partial charge in [-0.25, -0.2) is 0 Å². The van der Waals surface area contributed by atoms with Gasteiger partial charge in [0.05, 0.1) is 0 Å². The summed E-state index contributed by atoms with van der Waals surface area (Å²) in [4.78, 5) is 4.17. The van der Waals surface area contributed by atoms with E-state index in [0.29, 0.717) is 5.69 Å². The number of hydrogen-bond donors (Lipinski definition) is 1. The van der Waals surface area contributed by atoms with Crippen LogP contribution in [-0.4, -0.2) is 10.1 Å². The molecule has 0 bridgehead atoms. The van der Waals surface area contributed by atoms with Crippen LogP contribution in [0.3, 0.4) is 0 Å². The van der Waals surface area contributed by atoms with E-state index in [1.165, 1.54) is 0 Å². The number of nitrogens with zero attached hydrogens (tertiary/aromatic N) is 1. The highest BCUT2D eigenvalue weighted by Crippen LogP contribution is 2.31. The van der Waals surface area contributed by atoms with Crippen molar-refractivity contribution in [2.45, 2.75) is 12.7 Å². The Morgan fingerprint density at radius 3 is 2.88 bits per heavy atom. The summed E-state index contributed by atoms with van der Waals surface area (Å²) in [5.41, 5.74) is 2.70. The molecule has 2 aromatic rings. The number of pyridine rings is 1. The summed E-state index contributed by atoms with van der Waals surface area (Å²) in [6.45, 7) is 0. The average molecular weight is 213 g/mol. The van der Waals surface area contributed by atoms with Crippen LogP contribution in [0.25, 0.3) is 0 Å². The van der Waals surface area contributed by atoms with E-state index in [-0.39, 0.29) is 0 Å². The number of aliphatic hydroxyl groups excluding tert-OH is 1. The van der Waals surface area contributed by atoms with E-state index in [9.17, 15) is 5.11 Å². The van der Waals surface area contributed by atoms with Crippen LogP contribution in [0.5, 0.6) is 5.75 Å². The average Bonchev–Trinajstić information content (AvgIpc) is 2.45. The molecular weight excluding hydrogens is 202 g/mol. The van der Waals surface area contributed by atoms with Crippen LogP contribution < -0.4 is 4.74 Å². The van der Waals surface area contributed by atoms with Crippen molar-refractivity contribution >= 4 is 0 Å². The fourth-order valence-electron chi connectivity index (χ4n) is 1.97. The maximum Gasteiger partial charge on any atom is 0.241 e. The summed E-state index contributed by atoms with van der Waals surface area (Å²) in [5.74, 6) is 0.730. The molecule has 1 atom stereocenters. The van der Waals surface area contributed by atoms with Gasteiger partial charge in [-0.05, 0) is 23.3 Å². The lowest BCUT2D eigenvalue weighted by Gasteiger charge is -2.11. The highest BCUT2D eigenvalue weighted by Gasteiger charge is 2.21. The topological polar surface area (TPSA) is 42.4 Å². The second-order valence-corrected chi connectivity index (χ2v) is 3.80. The second kappa shape index (κ2) is 3.61. The van der Waals surface area contributed by atoms with Crippen LogP contribution in [0, 0.1) is 0 Å². The van der Waals surface area contributed by atoms with Crippen molar-refractivity contribution in [1.29, 1.82) is 0 Å². The van der Waals surface area contributed by atoms with E-state index in [2.05, 4.69) is 4.98 Å². The molecule has 0 saturated heterocycles. The van der Waals surface area contributed by atoms with E-state index < -0.39 is 6.29 Å². The smallest absolute Gasteiger partial charge is 0.241 e. The fraction of sp³-hybridized carbons (Fsp3) is 0.154. The summed E-state index contributed by atoms with van der Waals surface area (Å²) in [6.07, 6.45) is 1.44. The first-order chi connectivity index (χ1) is 7.84. The Kier molecular flexibility index (Phi) is 2.11.